The number of aromatic nitrogens is 6. The van der Waals surface area contributed by atoms with E-state index in [1.807, 2.05) is 70.7 Å². The summed E-state index contributed by atoms with van der Waals surface area (Å²) in [5.41, 5.74) is 3.30. The van der Waals surface area contributed by atoms with Gasteiger partial charge in [-0.15, -0.1) is 0 Å². The normalized spacial score (nSPS) is 13.9. The van der Waals surface area contributed by atoms with E-state index in [-0.39, 0.29) is 11.5 Å². The first-order chi connectivity index (χ1) is 18.6. The maximum atomic E-state index is 12.5. The third-order valence-electron chi connectivity index (χ3n) is 6.33. The molecule has 0 bridgehead atoms. The van der Waals surface area contributed by atoms with Crippen molar-refractivity contribution in [1.82, 2.24) is 34.4 Å². The van der Waals surface area contributed by atoms with Crippen LogP contribution in [-0.4, -0.2) is 72.3 Å². The Labute approximate surface area is 226 Å². The van der Waals surface area contributed by atoms with Crippen LogP contribution >= 0.6 is 0 Å². The van der Waals surface area contributed by atoms with Crippen LogP contribution in [0.2, 0.25) is 0 Å². The molecule has 5 rings (SSSR count). The van der Waals surface area contributed by atoms with Gasteiger partial charge in [0.25, 0.3) is 0 Å². The molecule has 0 aliphatic carbocycles. The van der Waals surface area contributed by atoms with Crippen molar-refractivity contribution in [2.45, 2.75) is 32.8 Å². The van der Waals surface area contributed by atoms with E-state index in [1.165, 1.54) is 6.07 Å². The lowest BCUT2D eigenvalue weighted by Gasteiger charge is -2.36. The first-order valence-corrected chi connectivity index (χ1v) is 12.9. The highest BCUT2D eigenvalue weighted by Crippen LogP contribution is 2.21. The lowest BCUT2D eigenvalue weighted by Crippen LogP contribution is -2.50. The Bertz CT molecular complexity index is 1510. The van der Waals surface area contributed by atoms with Gasteiger partial charge in [0.05, 0.1) is 30.5 Å². The molecule has 11 nitrogen and oxygen atoms in total. The van der Waals surface area contributed by atoms with Gasteiger partial charge < -0.3 is 14.5 Å². The molecule has 4 aromatic rings. The second-order valence-corrected chi connectivity index (χ2v) is 10.5. The number of nitrogens with zero attached hydrogens (tertiary/aromatic N) is 8. The summed E-state index contributed by atoms with van der Waals surface area (Å²) in [7, 11) is 1.83. The first-order valence-electron chi connectivity index (χ1n) is 12.9. The highest BCUT2D eigenvalue weighted by Gasteiger charge is 2.26. The van der Waals surface area contributed by atoms with Crippen molar-refractivity contribution in [2.24, 2.45) is 7.05 Å². The summed E-state index contributed by atoms with van der Waals surface area (Å²) in [6, 6.07) is 9.35. The van der Waals surface area contributed by atoms with Crippen LogP contribution in [0.5, 0.6) is 0 Å². The van der Waals surface area contributed by atoms with Crippen LogP contribution in [0, 0.1) is 0 Å². The van der Waals surface area contributed by atoms with Crippen molar-refractivity contribution >= 4 is 11.8 Å². The molecule has 0 radical (unpaired) electrons. The molecule has 1 amide bonds. The maximum absolute atomic E-state index is 12.5. The fourth-order valence-corrected chi connectivity index (χ4v) is 4.36. The monoisotopic (exact) mass is 528 g/mol. The molecule has 1 aliphatic rings. The maximum Gasteiger partial charge on any atom is 0.410 e. The number of hydrogen-bond donors (Lipinski definition) is 0. The van der Waals surface area contributed by atoms with E-state index in [1.54, 1.807) is 26.7 Å². The Balaban J connectivity index is 1.25. The van der Waals surface area contributed by atoms with E-state index < -0.39 is 5.60 Å². The van der Waals surface area contributed by atoms with E-state index in [4.69, 9.17) is 4.74 Å². The topological polar surface area (TPSA) is 111 Å². The largest absolute Gasteiger partial charge is 0.444 e. The van der Waals surface area contributed by atoms with Gasteiger partial charge in [-0.1, -0.05) is 18.2 Å². The van der Waals surface area contributed by atoms with E-state index in [0.717, 1.165) is 22.5 Å². The zero-order chi connectivity index (χ0) is 27.6. The predicted molar refractivity (Wildman–Crippen MR) is 147 cm³/mol. The number of carbonyl (C=O) groups is 1. The Morgan fingerprint density at radius 1 is 1.00 bits per heavy atom. The van der Waals surface area contributed by atoms with E-state index in [9.17, 15) is 9.59 Å². The fraction of sp³-hybridized carbons (Fsp3) is 0.357. The number of aryl methyl sites for hydroxylation is 1. The average molecular weight is 529 g/mol. The van der Waals surface area contributed by atoms with Gasteiger partial charge in [-0.3, -0.25) is 9.48 Å². The smallest absolute Gasteiger partial charge is 0.410 e. The van der Waals surface area contributed by atoms with Crippen LogP contribution in [-0.2, 0) is 18.2 Å². The molecule has 0 N–H and O–H groups in total. The quantitative estimate of drug-likeness (QED) is 0.389. The van der Waals surface area contributed by atoms with Crippen molar-refractivity contribution in [1.29, 1.82) is 0 Å². The molecule has 4 heterocycles. The second kappa shape index (κ2) is 10.7. The number of amides is 1. The van der Waals surface area contributed by atoms with Crippen molar-refractivity contribution in [3.63, 3.8) is 0 Å². The van der Waals surface area contributed by atoms with Crippen molar-refractivity contribution in [2.75, 3.05) is 31.1 Å². The number of rotatable bonds is 5. The number of piperazine rings is 1. The third-order valence-corrected chi connectivity index (χ3v) is 6.33. The lowest BCUT2D eigenvalue weighted by molar-refractivity contribution is 0.0240. The summed E-state index contributed by atoms with van der Waals surface area (Å²) in [4.78, 5) is 37.9. The Morgan fingerprint density at radius 2 is 1.74 bits per heavy atom. The average Bonchev–Trinajstić information content (AvgIpc) is 3.35. The summed E-state index contributed by atoms with van der Waals surface area (Å²) in [6.45, 7) is 8.12. The molecular formula is C28H32N8O3. The Morgan fingerprint density at radius 3 is 2.41 bits per heavy atom. The molecular weight excluding hydrogens is 496 g/mol. The van der Waals surface area contributed by atoms with E-state index >= 15 is 0 Å². The molecule has 0 saturated carbocycles. The van der Waals surface area contributed by atoms with Gasteiger partial charge in [-0.05, 0) is 32.4 Å². The summed E-state index contributed by atoms with van der Waals surface area (Å²) in [5, 5.41) is 8.70. The molecule has 1 aromatic carbocycles. The minimum Gasteiger partial charge on any atom is -0.444 e. The zero-order valence-corrected chi connectivity index (χ0v) is 22.6. The molecule has 39 heavy (non-hydrogen) atoms. The van der Waals surface area contributed by atoms with Crippen LogP contribution in [0.15, 0.2) is 66.1 Å². The van der Waals surface area contributed by atoms with Crippen LogP contribution in [0.1, 0.15) is 32.0 Å². The summed E-state index contributed by atoms with van der Waals surface area (Å²) < 4.78 is 8.82. The number of anilines is 1. The van der Waals surface area contributed by atoms with Gasteiger partial charge in [-0.25, -0.2) is 19.4 Å². The van der Waals surface area contributed by atoms with Gasteiger partial charge in [0.2, 0.25) is 5.43 Å². The second-order valence-electron chi connectivity index (χ2n) is 10.5. The molecule has 202 valence electrons. The van der Waals surface area contributed by atoms with Crippen molar-refractivity contribution in [3.05, 3.63) is 82.8 Å². The van der Waals surface area contributed by atoms with Crippen molar-refractivity contribution in [3.8, 4) is 17.1 Å². The Hall–Kier alpha value is -4.54. The summed E-state index contributed by atoms with van der Waals surface area (Å²) in [6.07, 6.45) is 8.90. The van der Waals surface area contributed by atoms with Crippen LogP contribution in [0.3, 0.4) is 0 Å². The van der Waals surface area contributed by atoms with Crippen LogP contribution in [0.25, 0.3) is 17.1 Å². The molecule has 0 atom stereocenters. The van der Waals surface area contributed by atoms with E-state index in [0.29, 0.717) is 44.1 Å². The highest BCUT2D eigenvalue weighted by molar-refractivity contribution is 5.68. The van der Waals surface area contributed by atoms with Crippen LogP contribution < -0.4 is 10.3 Å². The number of ether oxygens (including phenoxy) is 1. The first kappa shape index (κ1) is 26.1. The SMILES string of the molecule is Cn1cc(-n2ccc(=O)c(Cc3cccc(-c4ncc(N5CCN(C(=O)OC(C)(C)C)CC5)cn4)c3)n2)cn1. The van der Waals surface area contributed by atoms with E-state index in [2.05, 4.69) is 25.1 Å². The minimum atomic E-state index is -0.508. The molecule has 0 unspecified atom stereocenters. The number of carbonyl (C=O) groups excluding carboxylic acids is 1. The molecule has 1 fully saturated rings. The van der Waals surface area contributed by atoms with Gasteiger partial charge in [0.15, 0.2) is 5.82 Å². The highest BCUT2D eigenvalue weighted by atomic mass is 16.6. The van der Waals surface area contributed by atoms with Gasteiger partial charge in [0.1, 0.15) is 17.0 Å². The minimum absolute atomic E-state index is 0.118. The Kier molecular flexibility index (Phi) is 7.14. The molecule has 0 spiro atoms. The molecule has 11 heteroatoms. The zero-order valence-electron chi connectivity index (χ0n) is 22.6. The standard InChI is InChI=1S/C28H32N8O3/c1-28(2,3)39-27(38)35-12-10-34(11-13-35)22-16-29-26(30-17-22)21-7-5-6-20(14-21)15-24-25(37)8-9-36(32-24)23-18-31-33(4)19-23/h5-9,14,16-19H,10-13,15H2,1-4H3. The van der Waals surface area contributed by atoms with Gasteiger partial charge in [0, 0.05) is 57.5 Å². The third kappa shape index (κ3) is 6.31. The van der Waals surface area contributed by atoms with Crippen LogP contribution in [0.4, 0.5) is 10.5 Å². The predicted octanol–water partition coefficient (Wildman–Crippen LogP) is 3.07. The summed E-state index contributed by atoms with van der Waals surface area (Å²) >= 11 is 0. The molecule has 3 aromatic heterocycles. The number of benzene rings is 1. The van der Waals surface area contributed by atoms with Gasteiger partial charge in [-0.2, -0.15) is 10.2 Å². The lowest BCUT2D eigenvalue weighted by atomic mass is 10.1. The fourth-order valence-electron chi connectivity index (χ4n) is 4.36. The summed E-state index contributed by atoms with van der Waals surface area (Å²) in [5.74, 6) is 0.599. The van der Waals surface area contributed by atoms with Crippen molar-refractivity contribution < 1.29 is 9.53 Å². The number of hydrogen-bond acceptors (Lipinski definition) is 8. The molecule has 1 aliphatic heterocycles. The van der Waals surface area contributed by atoms with Gasteiger partial charge >= 0.3 is 6.09 Å². The molecule has 1 saturated heterocycles.